The molecule has 13 nitrogen and oxygen atoms in total. The van der Waals surface area contributed by atoms with E-state index in [1.165, 1.54) is 62.4 Å². The number of aliphatic hydroxyl groups is 1. The average molecular weight is 617 g/mol. The van der Waals surface area contributed by atoms with Crippen molar-refractivity contribution in [3.8, 4) is 0 Å². The third-order valence-corrected chi connectivity index (χ3v) is 11.2. The number of sulfone groups is 1. The highest BCUT2D eigenvalue weighted by Gasteiger charge is 2.44. The van der Waals surface area contributed by atoms with Crippen molar-refractivity contribution >= 4 is 41.7 Å². The maximum absolute atomic E-state index is 13.6. The van der Waals surface area contributed by atoms with Crippen LogP contribution in [0.1, 0.15) is 25.0 Å². The van der Waals surface area contributed by atoms with Crippen LogP contribution in [0.5, 0.6) is 0 Å². The summed E-state index contributed by atoms with van der Waals surface area (Å²) < 4.78 is 80.3. The van der Waals surface area contributed by atoms with Crippen molar-refractivity contribution in [2.75, 3.05) is 24.6 Å². The second-order valence-corrected chi connectivity index (χ2v) is 15.1. The molecule has 0 unspecified atom stereocenters. The Labute approximate surface area is 234 Å². The lowest BCUT2D eigenvalue weighted by Crippen LogP contribution is -2.49. The Balaban J connectivity index is 1.79. The van der Waals surface area contributed by atoms with Crippen LogP contribution in [-0.2, 0) is 52.6 Å². The lowest BCUT2D eigenvalue weighted by molar-refractivity contribution is -0.120. The van der Waals surface area contributed by atoms with Crippen LogP contribution in [0.2, 0.25) is 0 Å². The smallest absolute Gasteiger partial charge is 0.243 e. The normalized spacial score (nSPS) is 18.9. The van der Waals surface area contributed by atoms with Gasteiger partial charge in [-0.15, -0.1) is 0 Å². The Bertz CT molecular complexity index is 1540. The van der Waals surface area contributed by atoms with Crippen molar-refractivity contribution in [3.05, 3.63) is 59.7 Å². The minimum absolute atomic E-state index is 0.0910. The first kappa shape index (κ1) is 31.6. The summed E-state index contributed by atoms with van der Waals surface area (Å²) in [5.41, 5.74) is 1.30. The molecule has 0 bridgehead atoms. The summed E-state index contributed by atoms with van der Waals surface area (Å²) in [5.74, 6) is -1.73. The third kappa shape index (κ3) is 8.31. The molecule has 2 atom stereocenters. The van der Waals surface area contributed by atoms with Gasteiger partial charge in [-0.25, -0.2) is 30.0 Å². The number of hydrogen-bond donors (Lipinski definition) is 4. The standard InChI is InChI=1S/C24H32N4O9S3/c1-17(29)25-13-19-3-7-21(8-4-19)39(34,35)27-11-12-28(23-15-38(32,33)16-24(23)31)40(36,37)22-9-5-20(6-10-22)14-26-18(2)30/h3-10,23-24,27,31H,11-16H2,1-2H3,(H,25,29)(H,26,30)/t23-,24+/m1/s1. The van der Waals surface area contributed by atoms with E-state index in [0.29, 0.717) is 11.1 Å². The average Bonchev–Trinajstić information content (AvgIpc) is 3.15. The molecule has 2 amide bonds. The third-order valence-electron chi connectivity index (χ3n) is 6.13. The molecular formula is C24H32N4O9S3. The van der Waals surface area contributed by atoms with E-state index in [2.05, 4.69) is 15.4 Å². The molecule has 1 fully saturated rings. The maximum Gasteiger partial charge on any atom is 0.243 e. The predicted molar refractivity (Wildman–Crippen MR) is 145 cm³/mol. The topological polar surface area (TPSA) is 196 Å². The van der Waals surface area contributed by atoms with Gasteiger partial charge in [0.2, 0.25) is 31.9 Å². The second-order valence-electron chi connectivity index (χ2n) is 9.33. The van der Waals surface area contributed by atoms with Crippen molar-refractivity contribution in [2.45, 2.75) is 48.9 Å². The maximum atomic E-state index is 13.6. The van der Waals surface area contributed by atoms with Crippen molar-refractivity contribution < 1.29 is 39.9 Å². The van der Waals surface area contributed by atoms with Gasteiger partial charge in [0.05, 0.1) is 33.4 Å². The minimum Gasteiger partial charge on any atom is -0.390 e. The van der Waals surface area contributed by atoms with E-state index >= 15 is 0 Å². The van der Waals surface area contributed by atoms with E-state index < -0.39 is 66.6 Å². The lowest BCUT2D eigenvalue weighted by Gasteiger charge is -2.29. The summed E-state index contributed by atoms with van der Waals surface area (Å²) in [4.78, 5) is 21.9. The molecule has 1 heterocycles. The number of nitrogens with one attached hydrogen (secondary N) is 3. The highest BCUT2D eigenvalue weighted by molar-refractivity contribution is 7.92. The molecule has 2 aromatic carbocycles. The van der Waals surface area contributed by atoms with Gasteiger partial charge in [0.25, 0.3) is 0 Å². The van der Waals surface area contributed by atoms with Gasteiger partial charge in [0.15, 0.2) is 9.84 Å². The Kier molecular flexibility index (Phi) is 10.1. The van der Waals surface area contributed by atoms with Crippen LogP contribution in [0.3, 0.4) is 0 Å². The number of amides is 2. The number of hydrogen-bond acceptors (Lipinski definition) is 9. The molecular weight excluding hydrogens is 584 g/mol. The van der Waals surface area contributed by atoms with Gasteiger partial charge in [0.1, 0.15) is 0 Å². The van der Waals surface area contributed by atoms with Crippen LogP contribution in [0.25, 0.3) is 0 Å². The first-order chi connectivity index (χ1) is 18.6. The summed E-state index contributed by atoms with van der Waals surface area (Å²) in [5, 5.41) is 15.6. The Hall–Kier alpha value is -2.89. The number of carbonyl (C=O) groups is 2. The molecule has 4 N–H and O–H groups in total. The van der Waals surface area contributed by atoms with Gasteiger partial charge in [-0.2, -0.15) is 4.31 Å². The quantitative estimate of drug-likeness (QED) is 0.233. The van der Waals surface area contributed by atoms with Crippen LogP contribution < -0.4 is 15.4 Å². The first-order valence-corrected chi connectivity index (χ1v) is 16.9. The number of nitrogens with zero attached hydrogens (tertiary/aromatic N) is 1. The van der Waals surface area contributed by atoms with Crippen LogP contribution in [0, 0.1) is 0 Å². The zero-order valence-electron chi connectivity index (χ0n) is 21.9. The molecule has 0 spiro atoms. The molecule has 1 saturated heterocycles. The van der Waals surface area contributed by atoms with Crippen LogP contribution in [0.4, 0.5) is 0 Å². The van der Waals surface area contributed by atoms with E-state index in [0.717, 1.165) is 4.31 Å². The largest absolute Gasteiger partial charge is 0.390 e. The van der Waals surface area contributed by atoms with Crippen molar-refractivity contribution in [1.29, 1.82) is 0 Å². The van der Waals surface area contributed by atoms with Gasteiger partial charge in [-0.1, -0.05) is 24.3 Å². The molecule has 0 aliphatic carbocycles. The molecule has 1 aliphatic rings. The van der Waals surface area contributed by atoms with Crippen LogP contribution >= 0.6 is 0 Å². The molecule has 0 aromatic heterocycles. The number of rotatable bonds is 12. The monoisotopic (exact) mass is 616 g/mol. The molecule has 1 aliphatic heterocycles. The van der Waals surface area contributed by atoms with E-state index in [9.17, 15) is 39.9 Å². The van der Waals surface area contributed by atoms with Crippen molar-refractivity contribution in [1.82, 2.24) is 19.7 Å². The van der Waals surface area contributed by atoms with Gasteiger partial charge in [-0.05, 0) is 35.4 Å². The minimum atomic E-state index is -4.36. The van der Waals surface area contributed by atoms with Gasteiger partial charge >= 0.3 is 0 Å². The Morgan fingerprint density at radius 1 is 0.850 bits per heavy atom. The van der Waals surface area contributed by atoms with E-state index in [-0.39, 0.29) is 34.7 Å². The fraction of sp³-hybridized carbons (Fsp3) is 0.417. The van der Waals surface area contributed by atoms with Crippen molar-refractivity contribution in [3.63, 3.8) is 0 Å². The van der Waals surface area contributed by atoms with Gasteiger partial charge in [0, 0.05) is 40.0 Å². The fourth-order valence-corrected chi connectivity index (χ4v) is 8.65. The Morgan fingerprint density at radius 3 is 1.75 bits per heavy atom. The zero-order valence-corrected chi connectivity index (χ0v) is 24.4. The summed E-state index contributed by atoms with van der Waals surface area (Å²) >= 11 is 0. The van der Waals surface area contributed by atoms with E-state index in [1.54, 1.807) is 0 Å². The Morgan fingerprint density at radius 2 is 1.32 bits per heavy atom. The zero-order chi connectivity index (χ0) is 29.7. The summed E-state index contributed by atoms with van der Waals surface area (Å²) in [6.07, 6.45) is -1.49. The number of aliphatic hydroxyl groups excluding tert-OH is 1. The van der Waals surface area contributed by atoms with Crippen molar-refractivity contribution in [2.24, 2.45) is 0 Å². The number of benzene rings is 2. The van der Waals surface area contributed by atoms with Crippen LogP contribution in [-0.4, -0.2) is 83.2 Å². The molecule has 3 rings (SSSR count). The highest BCUT2D eigenvalue weighted by Crippen LogP contribution is 2.26. The molecule has 2 aromatic rings. The molecule has 220 valence electrons. The fourth-order valence-electron chi connectivity index (χ4n) is 4.08. The van der Waals surface area contributed by atoms with Gasteiger partial charge < -0.3 is 15.7 Å². The highest BCUT2D eigenvalue weighted by atomic mass is 32.2. The lowest BCUT2D eigenvalue weighted by atomic mass is 10.2. The predicted octanol–water partition coefficient (Wildman–Crippen LogP) is -0.914. The second kappa shape index (κ2) is 12.7. The summed E-state index contributed by atoms with van der Waals surface area (Å²) in [6, 6.07) is 9.97. The first-order valence-electron chi connectivity index (χ1n) is 12.2. The van der Waals surface area contributed by atoms with E-state index in [4.69, 9.17) is 0 Å². The summed E-state index contributed by atoms with van der Waals surface area (Å²) in [6.45, 7) is 2.24. The van der Waals surface area contributed by atoms with E-state index in [1.807, 2.05) is 0 Å². The SMILES string of the molecule is CC(=O)NCc1ccc(S(=O)(=O)NCCN([C@@H]2CS(=O)(=O)C[C@@H]2O)S(=O)(=O)c2ccc(CNC(C)=O)cc2)cc1. The summed E-state index contributed by atoms with van der Waals surface area (Å²) in [7, 11) is -12.2. The molecule has 16 heteroatoms. The number of sulfonamides is 2. The molecule has 0 radical (unpaired) electrons. The molecule has 40 heavy (non-hydrogen) atoms. The van der Waals surface area contributed by atoms with Crippen LogP contribution in [0.15, 0.2) is 58.3 Å². The molecule has 0 saturated carbocycles. The number of carbonyl (C=O) groups excluding carboxylic acids is 2. The van der Waals surface area contributed by atoms with Gasteiger partial charge in [-0.3, -0.25) is 9.59 Å².